The summed E-state index contributed by atoms with van der Waals surface area (Å²) in [6.07, 6.45) is 4.54. The lowest BCUT2D eigenvalue weighted by Gasteiger charge is -2.36. The Morgan fingerprint density at radius 2 is 2.06 bits per heavy atom. The molecule has 9 heteroatoms. The van der Waals surface area contributed by atoms with Gasteiger partial charge in [-0.2, -0.15) is 0 Å². The molecule has 9 nitrogen and oxygen atoms in total. The minimum atomic E-state index is -1.10. The molecular weight excluding hydrogens is 452 g/mol. The van der Waals surface area contributed by atoms with Crippen molar-refractivity contribution in [1.29, 1.82) is 0 Å². The van der Waals surface area contributed by atoms with Crippen LogP contribution in [0.3, 0.4) is 0 Å². The van der Waals surface area contributed by atoms with Crippen LogP contribution in [0.15, 0.2) is 24.3 Å². The Balaban J connectivity index is 1.42. The van der Waals surface area contributed by atoms with E-state index in [-0.39, 0.29) is 30.3 Å². The number of nitrogens with zero attached hydrogens (tertiary/aromatic N) is 1. The van der Waals surface area contributed by atoms with Crippen LogP contribution in [0.4, 0.5) is 0 Å². The van der Waals surface area contributed by atoms with Gasteiger partial charge in [-0.1, -0.05) is 26.0 Å². The monoisotopic (exact) mass is 486 g/mol. The van der Waals surface area contributed by atoms with E-state index >= 15 is 0 Å². The Bertz CT molecular complexity index is 1040. The van der Waals surface area contributed by atoms with Crippen molar-refractivity contribution in [2.45, 2.75) is 69.7 Å². The van der Waals surface area contributed by atoms with E-state index < -0.39 is 30.0 Å². The summed E-state index contributed by atoms with van der Waals surface area (Å²) >= 11 is 0. The van der Waals surface area contributed by atoms with Crippen molar-refractivity contribution in [1.82, 2.24) is 10.2 Å². The fourth-order valence-electron chi connectivity index (χ4n) is 5.36. The predicted octanol–water partition coefficient (Wildman–Crippen LogP) is 2.41. The maximum absolute atomic E-state index is 12.5. The number of aliphatic carboxylic acids is 1. The molecule has 1 amide bonds. The van der Waals surface area contributed by atoms with Gasteiger partial charge in [-0.05, 0) is 43.6 Å². The fourth-order valence-corrected chi connectivity index (χ4v) is 5.36. The van der Waals surface area contributed by atoms with E-state index in [0.29, 0.717) is 12.2 Å². The fraction of sp³-hybridized carbons (Fsp3) is 0.577. The maximum atomic E-state index is 12.5. The van der Waals surface area contributed by atoms with Crippen molar-refractivity contribution in [3.63, 3.8) is 0 Å². The largest absolute Gasteiger partial charge is 0.493 e. The molecule has 35 heavy (non-hydrogen) atoms. The van der Waals surface area contributed by atoms with E-state index in [1.807, 2.05) is 12.1 Å². The first-order valence-electron chi connectivity index (χ1n) is 12.1. The van der Waals surface area contributed by atoms with Crippen LogP contribution in [-0.2, 0) is 31.1 Å². The number of rotatable bonds is 8. The molecule has 1 aromatic rings. The molecule has 0 aromatic heterocycles. The van der Waals surface area contributed by atoms with Gasteiger partial charge in [0.2, 0.25) is 5.91 Å². The van der Waals surface area contributed by atoms with E-state index in [2.05, 4.69) is 29.4 Å². The molecule has 1 aromatic carbocycles. The Kier molecular flexibility index (Phi) is 7.07. The predicted molar refractivity (Wildman–Crippen MR) is 127 cm³/mol. The normalized spacial score (nSPS) is 25.6. The van der Waals surface area contributed by atoms with E-state index in [4.69, 9.17) is 14.2 Å². The number of hydrogen-bond donors (Lipinski definition) is 2. The van der Waals surface area contributed by atoms with Crippen molar-refractivity contribution in [2.24, 2.45) is 5.92 Å². The van der Waals surface area contributed by atoms with Crippen LogP contribution in [0, 0.1) is 5.92 Å². The topological polar surface area (TPSA) is 114 Å². The number of esters is 1. The average molecular weight is 487 g/mol. The smallest absolute Gasteiger partial charge is 0.326 e. The quantitative estimate of drug-likeness (QED) is 0.425. The third-order valence-corrected chi connectivity index (χ3v) is 7.22. The van der Waals surface area contributed by atoms with E-state index in [9.17, 15) is 19.5 Å². The number of carboxylic acid groups (broad SMARTS) is 1. The van der Waals surface area contributed by atoms with Gasteiger partial charge in [-0.3, -0.25) is 9.59 Å². The third kappa shape index (κ3) is 4.87. The number of ether oxygens (including phenoxy) is 3. The molecule has 0 saturated heterocycles. The summed E-state index contributed by atoms with van der Waals surface area (Å²) in [7, 11) is 3.74. The summed E-state index contributed by atoms with van der Waals surface area (Å²) in [6, 6.07) is 3.06. The van der Waals surface area contributed by atoms with Crippen LogP contribution >= 0.6 is 0 Å². The van der Waals surface area contributed by atoms with Crippen LogP contribution in [0.5, 0.6) is 11.5 Å². The third-order valence-electron chi connectivity index (χ3n) is 7.22. The average Bonchev–Trinajstić information content (AvgIpc) is 3.07. The standard InChI is InChI=1S/C26H34N2O7/c1-15(2)23(25(31)32)27-20(29)7-8-21(30)34-17-9-10-26-11-12-28(3)14-16-5-6-18(33-4)24(22(16)26)35-19(26)13-17/h5-6,9-10,15,17,19,23H,7-8,11-14H2,1-4H3,(H,27,29)(H,31,32)/t17-,19-,23?,26-/m0/s1. The molecule has 1 unspecified atom stereocenters. The second kappa shape index (κ2) is 9.89. The van der Waals surface area contributed by atoms with E-state index in [1.165, 1.54) is 11.1 Å². The van der Waals surface area contributed by atoms with Crippen LogP contribution in [0.25, 0.3) is 0 Å². The van der Waals surface area contributed by atoms with Crippen molar-refractivity contribution in [2.75, 3.05) is 20.7 Å². The number of carbonyl (C=O) groups is 3. The number of methoxy groups -OCH3 is 1. The molecule has 0 radical (unpaired) electrons. The van der Waals surface area contributed by atoms with Gasteiger partial charge in [0.25, 0.3) is 0 Å². The Morgan fingerprint density at radius 3 is 2.74 bits per heavy atom. The van der Waals surface area contributed by atoms with Gasteiger partial charge in [-0.15, -0.1) is 0 Å². The molecular formula is C26H34N2O7. The van der Waals surface area contributed by atoms with Crippen LogP contribution in [-0.4, -0.2) is 66.8 Å². The van der Waals surface area contributed by atoms with E-state index in [0.717, 1.165) is 25.3 Å². The minimum absolute atomic E-state index is 0.125. The number of nitrogens with one attached hydrogen (secondary N) is 1. The van der Waals surface area contributed by atoms with Crippen molar-refractivity contribution in [3.8, 4) is 11.5 Å². The highest BCUT2D eigenvalue weighted by molar-refractivity contribution is 5.86. The van der Waals surface area contributed by atoms with Gasteiger partial charge >= 0.3 is 11.9 Å². The van der Waals surface area contributed by atoms with Crippen LogP contribution < -0.4 is 14.8 Å². The Hall–Kier alpha value is -3.07. The highest BCUT2D eigenvalue weighted by Gasteiger charge is 2.53. The summed E-state index contributed by atoms with van der Waals surface area (Å²) in [4.78, 5) is 38.2. The van der Waals surface area contributed by atoms with Crippen molar-refractivity contribution >= 4 is 17.8 Å². The lowest BCUT2D eigenvalue weighted by molar-refractivity contribution is -0.149. The molecule has 0 fully saturated rings. The second-order valence-corrected chi connectivity index (χ2v) is 10.0. The molecule has 2 aliphatic heterocycles. The van der Waals surface area contributed by atoms with Crippen molar-refractivity contribution in [3.05, 3.63) is 35.4 Å². The molecule has 0 bridgehead atoms. The van der Waals surface area contributed by atoms with Gasteiger partial charge < -0.3 is 29.5 Å². The van der Waals surface area contributed by atoms with Gasteiger partial charge in [-0.25, -0.2) is 4.79 Å². The Morgan fingerprint density at radius 1 is 1.29 bits per heavy atom. The van der Waals surface area contributed by atoms with Gasteiger partial charge in [0.05, 0.1) is 18.9 Å². The summed E-state index contributed by atoms with van der Waals surface area (Å²) in [5.74, 6) is -0.872. The molecule has 4 atom stereocenters. The summed E-state index contributed by atoms with van der Waals surface area (Å²) in [6.45, 7) is 5.17. The van der Waals surface area contributed by atoms with Crippen molar-refractivity contribution < 1.29 is 33.7 Å². The molecule has 0 saturated carbocycles. The van der Waals surface area contributed by atoms with Crippen LogP contribution in [0.2, 0.25) is 0 Å². The minimum Gasteiger partial charge on any atom is -0.493 e. The maximum Gasteiger partial charge on any atom is 0.326 e. The van der Waals surface area contributed by atoms with E-state index in [1.54, 1.807) is 21.0 Å². The zero-order chi connectivity index (χ0) is 25.3. The lowest BCUT2D eigenvalue weighted by atomic mass is 9.69. The molecule has 4 rings (SSSR count). The van der Waals surface area contributed by atoms with Gasteiger partial charge in [0.15, 0.2) is 11.5 Å². The first-order chi connectivity index (χ1) is 16.6. The highest BCUT2D eigenvalue weighted by atomic mass is 16.6. The first-order valence-corrected chi connectivity index (χ1v) is 12.1. The second-order valence-electron chi connectivity index (χ2n) is 10.0. The zero-order valence-electron chi connectivity index (χ0n) is 20.7. The lowest BCUT2D eigenvalue weighted by Crippen LogP contribution is -2.44. The Labute approximate surface area is 205 Å². The highest BCUT2D eigenvalue weighted by Crippen LogP contribution is 2.55. The molecule has 3 aliphatic rings. The number of carboxylic acids is 1. The number of benzene rings is 1. The molecule has 190 valence electrons. The summed E-state index contributed by atoms with van der Waals surface area (Å²) in [5.41, 5.74) is 2.09. The molecule has 1 spiro atoms. The number of hydrogen-bond acceptors (Lipinski definition) is 7. The molecule has 1 aliphatic carbocycles. The SMILES string of the molecule is COc1ccc2c3c1O[C@H]1C[C@@H](OC(=O)CCC(=O)NC(C(=O)O)C(C)C)C=C[C@@]31CCN(C)C2. The van der Waals surface area contributed by atoms with Crippen LogP contribution in [0.1, 0.15) is 50.7 Å². The van der Waals surface area contributed by atoms with Gasteiger partial charge in [0, 0.05) is 24.9 Å². The number of amides is 1. The number of carbonyl (C=O) groups excluding carboxylic acids is 2. The summed E-state index contributed by atoms with van der Waals surface area (Å²) in [5, 5.41) is 11.7. The first kappa shape index (κ1) is 25.0. The van der Waals surface area contributed by atoms with Gasteiger partial charge in [0.1, 0.15) is 18.2 Å². The molecule has 2 N–H and O–H groups in total. The molecule has 2 heterocycles. The summed E-state index contributed by atoms with van der Waals surface area (Å²) < 4.78 is 17.7. The zero-order valence-corrected chi connectivity index (χ0v) is 20.7.